The molecule has 4 rings (SSSR count). The summed E-state index contributed by atoms with van der Waals surface area (Å²) in [6.45, 7) is 4.44. The second kappa shape index (κ2) is 10.7. The maximum absolute atomic E-state index is 11.8. The van der Waals surface area contributed by atoms with Crippen LogP contribution in [0, 0.1) is 0 Å². The van der Waals surface area contributed by atoms with Gasteiger partial charge in [0.2, 0.25) is 0 Å². The number of hydrogen-bond acceptors (Lipinski definition) is 5. The number of hydrogen-bond donors (Lipinski definition) is 0. The van der Waals surface area contributed by atoms with Crippen molar-refractivity contribution < 1.29 is 27.5 Å². The van der Waals surface area contributed by atoms with Gasteiger partial charge in [-0.1, -0.05) is 50.2 Å². The van der Waals surface area contributed by atoms with Crippen LogP contribution in [-0.2, 0) is 15.3 Å². The summed E-state index contributed by atoms with van der Waals surface area (Å²) in [6.07, 6.45) is 3.83. The van der Waals surface area contributed by atoms with Gasteiger partial charge in [-0.25, -0.2) is 8.42 Å². The number of allylic oxidation sites excluding steroid dienone is 1. The van der Waals surface area contributed by atoms with Crippen LogP contribution < -0.4 is 9.47 Å². The predicted molar refractivity (Wildman–Crippen MR) is 140 cm³/mol. The summed E-state index contributed by atoms with van der Waals surface area (Å²) >= 11 is 0. The summed E-state index contributed by atoms with van der Waals surface area (Å²) < 4.78 is 33.5. The highest BCUT2D eigenvalue weighted by Gasteiger charge is 2.28. The van der Waals surface area contributed by atoms with E-state index in [0.29, 0.717) is 5.56 Å². The molecule has 0 N–H and O–H groups in total. The number of fused-ring (bicyclic) bond motifs is 1. The summed E-state index contributed by atoms with van der Waals surface area (Å²) in [5.74, 6) is 1.28. The molecule has 0 bridgehead atoms. The van der Waals surface area contributed by atoms with E-state index in [9.17, 15) is 13.2 Å². The lowest BCUT2D eigenvalue weighted by atomic mass is 9.78. The molecule has 0 heterocycles. The molecule has 7 nitrogen and oxygen atoms in total. The van der Waals surface area contributed by atoms with E-state index < -0.39 is 15.6 Å². The lowest BCUT2D eigenvalue weighted by Crippen LogP contribution is -2.19. The molecule has 0 spiro atoms. The number of ether oxygens (including phenoxy) is 2. The third kappa shape index (κ3) is 5.62. The van der Waals surface area contributed by atoms with Gasteiger partial charge in [-0.15, -0.1) is 0 Å². The molecule has 3 aromatic rings. The number of sulfone groups is 1. The van der Waals surface area contributed by atoms with E-state index >= 15 is 0 Å². The maximum Gasteiger partial charge on any atom is 0.362 e. The normalized spacial score (nSPS) is 12.7. The first-order valence-corrected chi connectivity index (χ1v) is 13.0. The van der Waals surface area contributed by atoms with Crippen molar-refractivity contribution >= 4 is 27.4 Å². The first kappa shape index (κ1) is 26.6. The number of benzene rings is 3. The summed E-state index contributed by atoms with van der Waals surface area (Å²) in [5.41, 5.74) is 11.6. The Morgan fingerprint density at radius 2 is 1.31 bits per heavy atom. The van der Waals surface area contributed by atoms with Gasteiger partial charge in [0.05, 0.1) is 19.1 Å². The molecule has 0 unspecified atom stereocenters. The third-order valence-corrected chi connectivity index (χ3v) is 7.24. The standard InChI is InChI=1S/C17H20O2.C11H8N2O3S/c1-17(2,13-5-9-15(18-3)10-6-13)14-7-11-16(19-4)12-8-14;1-17(15,16)10-4-2-3-8-7(10)5-6-9(13-12)11(8)14/h5-12H,1-4H3;2-6H,1H3. The average molecular weight is 505 g/mol. The van der Waals surface area contributed by atoms with Crippen LogP contribution in [0.15, 0.2) is 77.7 Å². The van der Waals surface area contributed by atoms with E-state index in [1.54, 1.807) is 14.2 Å². The van der Waals surface area contributed by atoms with Gasteiger partial charge in [-0.2, -0.15) is 4.79 Å². The fourth-order valence-electron chi connectivity index (χ4n) is 3.87. The molecule has 0 aromatic heterocycles. The number of methoxy groups -OCH3 is 2. The Kier molecular flexibility index (Phi) is 7.93. The molecule has 36 heavy (non-hydrogen) atoms. The van der Waals surface area contributed by atoms with Gasteiger partial charge in [-0.3, -0.25) is 4.79 Å². The third-order valence-electron chi connectivity index (χ3n) is 6.08. The van der Waals surface area contributed by atoms with E-state index in [4.69, 9.17) is 15.0 Å². The highest BCUT2D eigenvalue weighted by Crippen LogP contribution is 2.33. The molecule has 1 aliphatic rings. The zero-order chi connectivity index (χ0) is 26.5. The van der Waals surface area contributed by atoms with Crippen molar-refractivity contribution in [3.8, 4) is 11.5 Å². The van der Waals surface area contributed by atoms with Gasteiger partial charge >= 0.3 is 5.71 Å². The smallest absolute Gasteiger partial charge is 0.362 e. The lowest BCUT2D eigenvalue weighted by Gasteiger charge is -2.26. The molecule has 0 atom stereocenters. The second-order valence-corrected chi connectivity index (χ2v) is 10.7. The molecule has 0 fully saturated rings. The van der Waals surface area contributed by atoms with E-state index in [-0.39, 0.29) is 21.6 Å². The molecule has 1 aliphatic carbocycles. The molecule has 0 amide bonds. The summed E-state index contributed by atoms with van der Waals surface area (Å²) in [6, 6.07) is 20.9. The number of Topliss-reactive ketones (excluding diaryl/α,β-unsaturated/α-hetero) is 1. The van der Waals surface area contributed by atoms with Crippen LogP contribution in [-0.4, -0.2) is 45.2 Å². The number of carbonyl (C=O) groups is 1. The number of rotatable bonds is 5. The zero-order valence-corrected chi connectivity index (χ0v) is 21.7. The van der Waals surface area contributed by atoms with Crippen molar-refractivity contribution in [1.29, 1.82) is 0 Å². The number of carbonyl (C=O) groups excluding carboxylic acids is 1. The summed E-state index contributed by atoms with van der Waals surface area (Å²) in [7, 11) is -0.0295. The fourth-order valence-corrected chi connectivity index (χ4v) is 4.78. The molecule has 0 radical (unpaired) electrons. The first-order valence-electron chi connectivity index (χ1n) is 11.1. The monoisotopic (exact) mass is 504 g/mol. The van der Waals surface area contributed by atoms with E-state index in [0.717, 1.165) is 17.8 Å². The molecular formula is C28H28N2O5S. The van der Waals surface area contributed by atoms with Crippen LogP contribution in [0.3, 0.4) is 0 Å². The van der Waals surface area contributed by atoms with Gasteiger partial charge in [0, 0.05) is 28.9 Å². The number of ketones is 1. The maximum atomic E-state index is 11.8. The van der Waals surface area contributed by atoms with Gasteiger partial charge in [0.15, 0.2) is 9.84 Å². The van der Waals surface area contributed by atoms with E-state index in [1.807, 2.05) is 24.3 Å². The van der Waals surface area contributed by atoms with Crippen LogP contribution in [0.4, 0.5) is 0 Å². The summed E-state index contributed by atoms with van der Waals surface area (Å²) in [4.78, 5) is 14.7. The van der Waals surface area contributed by atoms with Gasteiger partial charge in [0.25, 0.3) is 5.78 Å². The predicted octanol–water partition coefficient (Wildman–Crippen LogP) is 5.00. The van der Waals surface area contributed by atoms with Crippen molar-refractivity contribution in [3.05, 3.63) is 101 Å². The van der Waals surface area contributed by atoms with Gasteiger partial charge in [-0.05, 0) is 47.5 Å². The Morgan fingerprint density at radius 3 is 1.72 bits per heavy atom. The van der Waals surface area contributed by atoms with Crippen molar-refractivity contribution in [2.45, 2.75) is 24.2 Å². The van der Waals surface area contributed by atoms with Crippen LogP contribution in [0.25, 0.3) is 11.6 Å². The summed E-state index contributed by atoms with van der Waals surface area (Å²) in [5, 5.41) is 0. The molecule has 0 saturated carbocycles. The average Bonchev–Trinajstić information content (AvgIpc) is 2.88. The van der Waals surface area contributed by atoms with Crippen LogP contribution in [0.5, 0.6) is 11.5 Å². The van der Waals surface area contributed by atoms with Crippen LogP contribution in [0.1, 0.15) is 40.9 Å². The first-order chi connectivity index (χ1) is 17.0. The molecule has 0 aliphatic heterocycles. The quantitative estimate of drug-likeness (QED) is 0.359. The fraction of sp³-hybridized carbons (Fsp3) is 0.214. The minimum atomic E-state index is -3.40. The van der Waals surface area contributed by atoms with Crippen molar-refractivity contribution in [2.24, 2.45) is 0 Å². The van der Waals surface area contributed by atoms with Gasteiger partial charge < -0.3 is 15.0 Å². The Balaban J connectivity index is 0.000000202. The Labute approximate surface area is 211 Å². The molecular weight excluding hydrogens is 476 g/mol. The second-order valence-electron chi connectivity index (χ2n) is 8.72. The van der Waals surface area contributed by atoms with E-state index in [2.05, 4.69) is 42.9 Å². The van der Waals surface area contributed by atoms with Gasteiger partial charge in [0.1, 0.15) is 11.5 Å². The SMILES string of the molecule is COc1ccc(C(C)(C)c2ccc(OC)cc2)cc1.CS(=O)(=O)c1cccc2c1C=CC(=[N+]=[N-])C2=O. The van der Waals surface area contributed by atoms with Crippen LogP contribution in [0.2, 0.25) is 0 Å². The minimum Gasteiger partial charge on any atom is -0.497 e. The molecule has 186 valence electrons. The minimum absolute atomic E-state index is 0.0431. The zero-order valence-electron chi connectivity index (χ0n) is 20.8. The molecule has 0 saturated heterocycles. The lowest BCUT2D eigenvalue weighted by molar-refractivity contribution is -0.00436. The topological polar surface area (TPSA) is 106 Å². The van der Waals surface area contributed by atoms with E-state index in [1.165, 1.54) is 41.5 Å². The molecule has 3 aromatic carbocycles. The highest BCUT2D eigenvalue weighted by molar-refractivity contribution is 7.90. The molecule has 8 heteroatoms. The Bertz CT molecular complexity index is 1400. The Morgan fingerprint density at radius 1 is 0.806 bits per heavy atom. The van der Waals surface area contributed by atoms with Crippen molar-refractivity contribution in [2.75, 3.05) is 20.5 Å². The van der Waals surface area contributed by atoms with Crippen molar-refractivity contribution in [3.63, 3.8) is 0 Å². The largest absolute Gasteiger partial charge is 0.497 e. The van der Waals surface area contributed by atoms with Crippen molar-refractivity contribution in [1.82, 2.24) is 0 Å². The van der Waals surface area contributed by atoms with Crippen LogP contribution >= 0.6 is 0 Å². The number of nitrogens with zero attached hydrogens (tertiary/aromatic N) is 2. The Hall–Kier alpha value is -4.00. The highest BCUT2D eigenvalue weighted by atomic mass is 32.2.